The van der Waals surface area contributed by atoms with Crippen LogP contribution in [0.4, 0.5) is 0 Å². The van der Waals surface area contributed by atoms with Crippen LogP contribution in [0.15, 0.2) is 184 Å². The molecule has 1 spiro atoms. The summed E-state index contributed by atoms with van der Waals surface area (Å²) < 4.78 is 6.90. The Morgan fingerprint density at radius 2 is 1.08 bits per heavy atom. The fourth-order valence-corrected chi connectivity index (χ4v) is 9.80. The molecule has 3 heterocycles. The Balaban J connectivity index is 1.19. The van der Waals surface area contributed by atoms with E-state index in [1.54, 1.807) is 0 Å². The van der Waals surface area contributed by atoms with Gasteiger partial charge >= 0.3 is 0 Å². The second-order valence-electron chi connectivity index (χ2n) is 13.2. The molecule has 0 N–H and O–H groups in total. The van der Waals surface area contributed by atoms with Crippen LogP contribution in [0.3, 0.4) is 0 Å². The first-order chi connectivity index (χ1) is 25.3. The Hall–Kier alpha value is -6.23. The van der Waals surface area contributed by atoms with Gasteiger partial charge < -0.3 is 4.42 Å². The lowest BCUT2D eigenvalue weighted by molar-refractivity contribution is 0.667. The highest BCUT2D eigenvalue weighted by atomic mass is 32.2. The summed E-state index contributed by atoms with van der Waals surface area (Å²) in [6.07, 6.45) is 0. The molecule has 1 aliphatic carbocycles. The van der Waals surface area contributed by atoms with Crippen molar-refractivity contribution in [1.82, 2.24) is 9.97 Å². The summed E-state index contributed by atoms with van der Waals surface area (Å²) in [5.41, 5.74) is 13.8. The molecule has 9 aromatic rings. The minimum atomic E-state index is -0.443. The van der Waals surface area contributed by atoms with Crippen molar-refractivity contribution in [3.8, 4) is 45.0 Å². The van der Waals surface area contributed by atoms with Gasteiger partial charge in [-0.05, 0) is 57.6 Å². The van der Waals surface area contributed by atoms with Crippen LogP contribution in [0.2, 0.25) is 0 Å². The van der Waals surface area contributed by atoms with Gasteiger partial charge in [0.1, 0.15) is 11.2 Å². The molecule has 3 nitrogen and oxygen atoms in total. The molecule has 4 heteroatoms. The van der Waals surface area contributed by atoms with E-state index < -0.39 is 5.41 Å². The van der Waals surface area contributed by atoms with Crippen LogP contribution in [-0.2, 0) is 5.41 Å². The first-order valence-corrected chi connectivity index (χ1v) is 18.1. The lowest BCUT2D eigenvalue weighted by Crippen LogP contribution is -2.31. The number of rotatable bonds is 3. The zero-order valence-corrected chi connectivity index (χ0v) is 28.2. The van der Waals surface area contributed by atoms with Crippen LogP contribution >= 0.6 is 11.8 Å². The van der Waals surface area contributed by atoms with Crippen LogP contribution in [0.5, 0.6) is 0 Å². The van der Waals surface area contributed by atoms with Gasteiger partial charge in [-0.15, -0.1) is 0 Å². The first kappa shape index (κ1) is 28.6. The molecule has 0 atom stereocenters. The smallest absolute Gasteiger partial charge is 0.160 e. The minimum absolute atomic E-state index is 0.443. The zero-order valence-electron chi connectivity index (χ0n) is 27.4. The molecule has 2 aromatic heterocycles. The summed E-state index contributed by atoms with van der Waals surface area (Å²) in [4.78, 5) is 12.7. The Morgan fingerprint density at radius 3 is 1.82 bits per heavy atom. The van der Waals surface area contributed by atoms with Gasteiger partial charge in [0.2, 0.25) is 0 Å². The average Bonchev–Trinajstić information content (AvgIpc) is 3.73. The standard InChI is InChI=1S/C47H28N2OS/c1-3-14-29(15-4-1)39-28-40(49-46(48-39)30-16-5-2-6-17-30)33-20-13-21-34-43-41(50-44(33)34)27-26-38-45(43)51-42-25-12-11-24-37(42)47(38)35-22-9-7-18-31(35)32-19-8-10-23-36(32)47/h1-28H. The maximum absolute atomic E-state index is 6.90. The Labute approximate surface area is 299 Å². The molecule has 7 aromatic carbocycles. The number of aromatic nitrogens is 2. The highest BCUT2D eigenvalue weighted by Gasteiger charge is 2.50. The number of nitrogens with zero attached hydrogens (tertiary/aromatic N) is 2. The van der Waals surface area contributed by atoms with E-state index in [-0.39, 0.29) is 0 Å². The van der Waals surface area contributed by atoms with Crippen LogP contribution in [0, 0.1) is 0 Å². The van der Waals surface area contributed by atoms with Crippen LogP contribution in [0.25, 0.3) is 67.0 Å². The van der Waals surface area contributed by atoms with Crippen molar-refractivity contribution in [2.24, 2.45) is 0 Å². The second-order valence-corrected chi connectivity index (χ2v) is 14.3. The van der Waals surface area contributed by atoms with E-state index in [0.29, 0.717) is 5.82 Å². The number of para-hydroxylation sites is 1. The summed E-state index contributed by atoms with van der Waals surface area (Å²) >= 11 is 1.86. The van der Waals surface area contributed by atoms with Crippen LogP contribution in [-0.4, -0.2) is 9.97 Å². The predicted octanol–water partition coefficient (Wildman–Crippen LogP) is 12.2. The highest BCUT2D eigenvalue weighted by Crippen LogP contribution is 2.63. The normalized spacial score (nSPS) is 13.6. The number of benzene rings is 7. The Kier molecular flexibility index (Phi) is 6.10. The van der Waals surface area contributed by atoms with E-state index in [9.17, 15) is 0 Å². The number of hydrogen-bond acceptors (Lipinski definition) is 4. The quantitative estimate of drug-likeness (QED) is 0.188. The summed E-state index contributed by atoms with van der Waals surface area (Å²) in [5.74, 6) is 0.685. The molecular formula is C47H28N2OS. The predicted molar refractivity (Wildman–Crippen MR) is 207 cm³/mol. The van der Waals surface area contributed by atoms with Gasteiger partial charge in [-0.25, -0.2) is 9.97 Å². The molecule has 0 bridgehead atoms. The minimum Gasteiger partial charge on any atom is -0.455 e. The van der Waals surface area contributed by atoms with Crippen molar-refractivity contribution in [2.75, 3.05) is 0 Å². The fourth-order valence-electron chi connectivity index (χ4n) is 8.46. The summed E-state index contributed by atoms with van der Waals surface area (Å²) in [6, 6.07) is 60.4. The number of hydrogen-bond donors (Lipinski definition) is 0. The zero-order chi connectivity index (χ0) is 33.5. The topological polar surface area (TPSA) is 38.9 Å². The van der Waals surface area contributed by atoms with Gasteiger partial charge in [0.05, 0.1) is 16.8 Å². The Morgan fingerprint density at radius 1 is 0.471 bits per heavy atom. The monoisotopic (exact) mass is 668 g/mol. The lowest BCUT2D eigenvalue weighted by Gasteiger charge is -2.39. The number of furan rings is 1. The average molecular weight is 669 g/mol. The molecule has 0 fully saturated rings. The van der Waals surface area contributed by atoms with Gasteiger partial charge in [-0.2, -0.15) is 0 Å². The third-order valence-electron chi connectivity index (χ3n) is 10.6. The maximum atomic E-state index is 6.90. The first-order valence-electron chi connectivity index (χ1n) is 17.2. The molecule has 0 unspecified atom stereocenters. The van der Waals surface area contributed by atoms with Crippen LogP contribution in [0.1, 0.15) is 22.3 Å². The van der Waals surface area contributed by atoms with Gasteiger partial charge in [0, 0.05) is 37.3 Å². The highest BCUT2D eigenvalue weighted by molar-refractivity contribution is 7.99. The van der Waals surface area contributed by atoms with Crippen molar-refractivity contribution in [1.29, 1.82) is 0 Å². The number of fused-ring (bicyclic) bond motifs is 13. The van der Waals surface area contributed by atoms with E-state index in [1.807, 2.05) is 48.2 Å². The van der Waals surface area contributed by atoms with E-state index >= 15 is 0 Å². The van der Waals surface area contributed by atoms with Gasteiger partial charge in [-0.3, -0.25) is 0 Å². The maximum Gasteiger partial charge on any atom is 0.160 e. The van der Waals surface area contributed by atoms with Crippen molar-refractivity contribution in [3.05, 3.63) is 192 Å². The van der Waals surface area contributed by atoms with E-state index in [2.05, 4.69) is 133 Å². The molecule has 0 saturated carbocycles. The molecule has 0 amide bonds. The molecule has 51 heavy (non-hydrogen) atoms. The molecule has 238 valence electrons. The third-order valence-corrected chi connectivity index (χ3v) is 11.8. The van der Waals surface area contributed by atoms with Gasteiger partial charge in [0.25, 0.3) is 0 Å². The Bertz CT molecular complexity index is 2740. The van der Waals surface area contributed by atoms with E-state index in [1.165, 1.54) is 43.2 Å². The molecule has 0 saturated heterocycles. The van der Waals surface area contributed by atoms with Crippen molar-refractivity contribution in [2.45, 2.75) is 15.2 Å². The van der Waals surface area contributed by atoms with E-state index in [4.69, 9.17) is 14.4 Å². The van der Waals surface area contributed by atoms with Crippen molar-refractivity contribution in [3.63, 3.8) is 0 Å². The summed E-state index contributed by atoms with van der Waals surface area (Å²) in [5, 5.41) is 2.23. The van der Waals surface area contributed by atoms with Crippen molar-refractivity contribution < 1.29 is 4.42 Å². The molecule has 11 rings (SSSR count). The molecular weight excluding hydrogens is 641 g/mol. The van der Waals surface area contributed by atoms with Crippen molar-refractivity contribution >= 4 is 33.7 Å². The molecule has 1 aliphatic heterocycles. The summed E-state index contributed by atoms with van der Waals surface area (Å²) in [6.45, 7) is 0. The largest absolute Gasteiger partial charge is 0.455 e. The third kappa shape index (κ3) is 4.02. The van der Waals surface area contributed by atoms with E-state index in [0.717, 1.165) is 50.0 Å². The van der Waals surface area contributed by atoms with Gasteiger partial charge in [-0.1, -0.05) is 157 Å². The second kappa shape index (κ2) is 10.9. The SMILES string of the molecule is c1ccc(-c2cc(-c3cccc4c3oc3ccc5c(c34)Sc3ccccc3C53c4ccccc4-c4ccccc43)nc(-c3ccccc3)n2)cc1. The molecule has 0 radical (unpaired) electrons. The van der Waals surface area contributed by atoms with Gasteiger partial charge in [0.15, 0.2) is 5.82 Å². The molecule has 2 aliphatic rings. The summed E-state index contributed by atoms with van der Waals surface area (Å²) in [7, 11) is 0. The fraction of sp³-hybridized carbons (Fsp3) is 0.0213. The lowest BCUT2D eigenvalue weighted by atomic mass is 9.67. The van der Waals surface area contributed by atoms with Crippen LogP contribution < -0.4 is 0 Å².